The first-order valence-corrected chi connectivity index (χ1v) is 5.81. The van der Waals surface area contributed by atoms with Gasteiger partial charge in [-0.05, 0) is 13.0 Å². The van der Waals surface area contributed by atoms with Crippen LogP contribution in [0.2, 0.25) is 0 Å². The summed E-state index contributed by atoms with van der Waals surface area (Å²) < 4.78 is 43.7. The summed E-state index contributed by atoms with van der Waals surface area (Å²) in [4.78, 5) is 17.0. The second-order valence-electron chi connectivity index (χ2n) is 4.35. The molecule has 0 aliphatic carbocycles. The largest absolute Gasteiger partial charge is 0.418 e. The Labute approximate surface area is 108 Å². The van der Waals surface area contributed by atoms with Gasteiger partial charge in [0.15, 0.2) is 0 Å². The monoisotopic (exact) mass is 274 g/mol. The molecule has 4 nitrogen and oxygen atoms in total. The number of halogens is 3. The van der Waals surface area contributed by atoms with Crippen LogP contribution in [0.15, 0.2) is 18.5 Å². The molecule has 0 radical (unpaired) electrons. The highest BCUT2D eigenvalue weighted by atomic mass is 19.4. The molecule has 0 saturated carbocycles. The third-order valence-corrected chi connectivity index (χ3v) is 2.89. The summed E-state index contributed by atoms with van der Waals surface area (Å²) in [6.45, 7) is 2.69. The fourth-order valence-corrected chi connectivity index (χ4v) is 1.98. The lowest BCUT2D eigenvalue weighted by Gasteiger charge is -2.31. The number of ether oxygens (including phenoxy) is 1. The van der Waals surface area contributed by atoms with Gasteiger partial charge in [-0.15, -0.1) is 0 Å². The Bertz CT molecular complexity index is 476. The van der Waals surface area contributed by atoms with Crippen LogP contribution in [0.3, 0.4) is 0 Å². The van der Waals surface area contributed by atoms with Crippen LogP contribution < -0.4 is 0 Å². The predicted molar refractivity (Wildman–Crippen MR) is 60.6 cm³/mol. The van der Waals surface area contributed by atoms with E-state index >= 15 is 0 Å². The number of hydrogen-bond donors (Lipinski definition) is 0. The minimum Gasteiger partial charge on any atom is -0.375 e. The predicted octanol–water partition coefficient (Wildman–Crippen LogP) is 1.96. The van der Waals surface area contributed by atoms with Gasteiger partial charge >= 0.3 is 6.18 Å². The third kappa shape index (κ3) is 3.04. The molecule has 104 valence electrons. The van der Waals surface area contributed by atoms with Gasteiger partial charge in [-0.25, -0.2) is 0 Å². The number of carbonyl (C=O) groups is 1. The molecule has 19 heavy (non-hydrogen) atoms. The molecule has 1 fully saturated rings. The Kier molecular flexibility index (Phi) is 3.75. The van der Waals surface area contributed by atoms with Crippen molar-refractivity contribution in [3.05, 3.63) is 29.6 Å². The molecule has 2 rings (SSSR count). The molecule has 7 heteroatoms. The molecular formula is C12H13F3N2O2. The van der Waals surface area contributed by atoms with Crippen LogP contribution in [0.5, 0.6) is 0 Å². The molecule has 1 amide bonds. The van der Waals surface area contributed by atoms with Gasteiger partial charge in [0, 0.05) is 25.5 Å². The highest BCUT2D eigenvalue weighted by Crippen LogP contribution is 2.31. The first-order chi connectivity index (χ1) is 8.89. The summed E-state index contributed by atoms with van der Waals surface area (Å²) >= 11 is 0. The van der Waals surface area contributed by atoms with Gasteiger partial charge in [0.25, 0.3) is 5.91 Å². The van der Waals surface area contributed by atoms with Crippen molar-refractivity contribution in [2.75, 3.05) is 19.7 Å². The van der Waals surface area contributed by atoms with Crippen molar-refractivity contribution in [3.8, 4) is 0 Å². The number of hydrogen-bond acceptors (Lipinski definition) is 3. The van der Waals surface area contributed by atoms with Crippen LogP contribution in [0.25, 0.3) is 0 Å². The quantitative estimate of drug-likeness (QED) is 0.786. The minimum absolute atomic E-state index is 0.172. The fourth-order valence-electron chi connectivity index (χ4n) is 1.98. The van der Waals surface area contributed by atoms with E-state index in [2.05, 4.69) is 4.98 Å². The zero-order valence-electron chi connectivity index (χ0n) is 10.3. The zero-order valence-corrected chi connectivity index (χ0v) is 10.3. The maximum absolute atomic E-state index is 12.8. The smallest absolute Gasteiger partial charge is 0.375 e. The van der Waals surface area contributed by atoms with E-state index in [4.69, 9.17) is 4.74 Å². The van der Waals surface area contributed by atoms with E-state index in [0.29, 0.717) is 25.9 Å². The standard InChI is InChI=1S/C12H13F3N2O2/c1-8-7-17(4-5-19-8)11(18)9-2-3-16-6-10(9)12(13,14)15/h2-3,6,8H,4-5,7H2,1H3. The van der Waals surface area contributed by atoms with Crippen molar-refractivity contribution in [2.45, 2.75) is 19.2 Å². The number of pyridine rings is 1. The molecule has 1 aromatic heterocycles. The molecule has 0 spiro atoms. The average Bonchev–Trinajstić information content (AvgIpc) is 2.37. The van der Waals surface area contributed by atoms with E-state index in [0.717, 1.165) is 6.07 Å². The summed E-state index contributed by atoms with van der Waals surface area (Å²) in [7, 11) is 0. The molecule has 1 atom stereocenters. The molecule has 0 bridgehead atoms. The van der Waals surface area contributed by atoms with Crippen LogP contribution >= 0.6 is 0 Å². The van der Waals surface area contributed by atoms with Gasteiger partial charge in [0.05, 0.1) is 23.8 Å². The van der Waals surface area contributed by atoms with Gasteiger partial charge < -0.3 is 9.64 Å². The summed E-state index contributed by atoms with van der Waals surface area (Å²) in [5.74, 6) is -0.634. The van der Waals surface area contributed by atoms with Crippen molar-refractivity contribution in [3.63, 3.8) is 0 Å². The fraction of sp³-hybridized carbons (Fsp3) is 0.500. The van der Waals surface area contributed by atoms with Crippen LogP contribution in [0.1, 0.15) is 22.8 Å². The number of aromatic nitrogens is 1. The molecule has 1 unspecified atom stereocenters. The molecule has 2 heterocycles. The van der Waals surface area contributed by atoms with Crippen molar-refractivity contribution < 1.29 is 22.7 Å². The van der Waals surface area contributed by atoms with E-state index < -0.39 is 17.6 Å². The van der Waals surface area contributed by atoms with Gasteiger partial charge in [-0.2, -0.15) is 13.2 Å². The van der Waals surface area contributed by atoms with Crippen LogP contribution in [-0.2, 0) is 10.9 Å². The van der Waals surface area contributed by atoms with Gasteiger partial charge in [-0.3, -0.25) is 9.78 Å². The summed E-state index contributed by atoms with van der Waals surface area (Å²) in [6, 6.07) is 1.10. The number of amides is 1. The lowest BCUT2D eigenvalue weighted by molar-refractivity contribution is -0.138. The van der Waals surface area contributed by atoms with Crippen LogP contribution in [0, 0.1) is 0 Å². The van der Waals surface area contributed by atoms with E-state index in [9.17, 15) is 18.0 Å². The van der Waals surface area contributed by atoms with Crippen molar-refractivity contribution >= 4 is 5.91 Å². The molecule has 1 aliphatic rings. The van der Waals surface area contributed by atoms with E-state index in [-0.39, 0.29) is 11.7 Å². The number of morpholine rings is 1. The van der Waals surface area contributed by atoms with Crippen molar-refractivity contribution in [2.24, 2.45) is 0 Å². The van der Waals surface area contributed by atoms with Crippen molar-refractivity contribution in [1.82, 2.24) is 9.88 Å². The number of rotatable bonds is 1. The Morgan fingerprint density at radius 3 is 2.89 bits per heavy atom. The minimum atomic E-state index is -4.59. The highest BCUT2D eigenvalue weighted by molar-refractivity contribution is 5.95. The molecule has 0 N–H and O–H groups in total. The number of carbonyl (C=O) groups excluding carboxylic acids is 1. The van der Waals surface area contributed by atoms with Gasteiger partial charge in [-0.1, -0.05) is 0 Å². The SMILES string of the molecule is CC1CN(C(=O)c2ccncc2C(F)(F)F)CCO1. The Balaban J connectivity index is 2.29. The first-order valence-electron chi connectivity index (χ1n) is 5.81. The van der Waals surface area contributed by atoms with E-state index in [1.54, 1.807) is 6.92 Å². The second-order valence-corrected chi connectivity index (χ2v) is 4.35. The Hall–Kier alpha value is -1.63. The lowest BCUT2D eigenvalue weighted by atomic mass is 10.1. The van der Waals surface area contributed by atoms with Crippen LogP contribution in [0.4, 0.5) is 13.2 Å². The first kappa shape index (κ1) is 13.8. The van der Waals surface area contributed by atoms with Gasteiger partial charge in [0.2, 0.25) is 0 Å². The molecular weight excluding hydrogens is 261 g/mol. The summed E-state index contributed by atoms with van der Waals surface area (Å²) in [6.07, 6.45) is -2.89. The maximum atomic E-state index is 12.8. The van der Waals surface area contributed by atoms with Crippen molar-refractivity contribution in [1.29, 1.82) is 0 Å². The molecule has 1 saturated heterocycles. The highest BCUT2D eigenvalue weighted by Gasteiger charge is 2.37. The molecule has 0 aromatic carbocycles. The Morgan fingerprint density at radius 1 is 1.53 bits per heavy atom. The lowest BCUT2D eigenvalue weighted by Crippen LogP contribution is -2.45. The summed E-state index contributed by atoms with van der Waals surface area (Å²) in [5.41, 5.74) is -1.37. The third-order valence-electron chi connectivity index (χ3n) is 2.89. The zero-order chi connectivity index (χ0) is 14.0. The molecule has 1 aromatic rings. The molecule has 1 aliphatic heterocycles. The maximum Gasteiger partial charge on any atom is 0.418 e. The topological polar surface area (TPSA) is 42.4 Å². The number of nitrogens with zero attached hydrogens (tertiary/aromatic N) is 2. The number of alkyl halides is 3. The van der Waals surface area contributed by atoms with E-state index in [1.807, 2.05) is 0 Å². The average molecular weight is 274 g/mol. The van der Waals surface area contributed by atoms with E-state index in [1.165, 1.54) is 11.1 Å². The second kappa shape index (κ2) is 5.16. The Morgan fingerprint density at radius 2 is 2.26 bits per heavy atom. The normalized spacial score (nSPS) is 20.4. The van der Waals surface area contributed by atoms with Crippen LogP contribution in [-0.4, -0.2) is 41.6 Å². The summed E-state index contributed by atoms with van der Waals surface area (Å²) in [5, 5.41) is 0. The van der Waals surface area contributed by atoms with Gasteiger partial charge in [0.1, 0.15) is 0 Å².